The minimum Gasteiger partial charge on any atom is -0.261 e. The standard InChI is InChI=1S/C6H6FN.2C2H6/c1-5-4-6(7)2-3-8-5;2*1-2/h2-4H,1H3;2*1-2H3. The van der Waals surface area contributed by atoms with Crippen LogP contribution in [0.25, 0.3) is 0 Å². The van der Waals surface area contributed by atoms with Crippen LogP contribution in [0.2, 0.25) is 0 Å². The minimum atomic E-state index is -0.225. The zero-order chi connectivity index (χ0) is 9.98. The lowest BCUT2D eigenvalue weighted by molar-refractivity contribution is 0.624. The van der Waals surface area contributed by atoms with Crippen LogP contribution in [0.15, 0.2) is 18.3 Å². The van der Waals surface area contributed by atoms with Gasteiger partial charge >= 0.3 is 0 Å². The molecule has 1 rings (SSSR count). The number of pyridine rings is 1. The number of aryl methyl sites for hydroxylation is 1. The molecule has 2 heteroatoms. The molecule has 0 aromatic carbocycles. The summed E-state index contributed by atoms with van der Waals surface area (Å²) in [6.07, 6.45) is 1.45. The van der Waals surface area contributed by atoms with Gasteiger partial charge in [-0.25, -0.2) is 4.39 Å². The van der Waals surface area contributed by atoms with Gasteiger partial charge in [-0.3, -0.25) is 4.98 Å². The molecule has 0 fully saturated rings. The number of rotatable bonds is 0. The molecular weight excluding hydrogens is 153 g/mol. The van der Waals surface area contributed by atoms with Crippen LogP contribution in [-0.2, 0) is 0 Å². The molecule has 0 atom stereocenters. The Bertz CT molecular complexity index is 170. The average Bonchev–Trinajstić information content (AvgIpc) is 2.11. The summed E-state index contributed by atoms with van der Waals surface area (Å²) >= 11 is 0. The Kier molecular flexibility index (Phi) is 11.5. The highest BCUT2D eigenvalue weighted by atomic mass is 19.1. The van der Waals surface area contributed by atoms with E-state index in [1.165, 1.54) is 18.3 Å². The predicted molar refractivity (Wildman–Crippen MR) is 51.6 cm³/mol. The number of halogens is 1. The van der Waals surface area contributed by atoms with Gasteiger partial charge in [-0.05, 0) is 19.1 Å². The zero-order valence-electron chi connectivity index (χ0n) is 8.56. The van der Waals surface area contributed by atoms with Crippen LogP contribution in [-0.4, -0.2) is 4.98 Å². The van der Waals surface area contributed by atoms with Crippen molar-refractivity contribution in [3.63, 3.8) is 0 Å². The average molecular weight is 171 g/mol. The maximum absolute atomic E-state index is 12.1. The molecule has 0 aliphatic rings. The van der Waals surface area contributed by atoms with Crippen LogP contribution in [0.1, 0.15) is 33.4 Å². The van der Waals surface area contributed by atoms with E-state index in [9.17, 15) is 4.39 Å². The van der Waals surface area contributed by atoms with Crippen LogP contribution in [0.3, 0.4) is 0 Å². The summed E-state index contributed by atoms with van der Waals surface area (Å²) in [5.74, 6) is -0.225. The van der Waals surface area contributed by atoms with Crippen molar-refractivity contribution in [2.75, 3.05) is 0 Å². The van der Waals surface area contributed by atoms with Gasteiger partial charge in [0.05, 0.1) is 0 Å². The smallest absolute Gasteiger partial charge is 0.126 e. The molecule has 0 bridgehead atoms. The van der Waals surface area contributed by atoms with Gasteiger partial charge in [0.1, 0.15) is 5.82 Å². The molecule has 1 nitrogen and oxygen atoms in total. The van der Waals surface area contributed by atoms with Crippen molar-refractivity contribution in [1.29, 1.82) is 0 Å². The van der Waals surface area contributed by atoms with E-state index in [1.807, 2.05) is 27.7 Å². The van der Waals surface area contributed by atoms with Gasteiger partial charge < -0.3 is 0 Å². The molecule has 0 aliphatic heterocycles. The van der Waals surface area contributed by atoms with Crippen molar-refractivity contribution in [2.45, 2.75) is 34.6 Å². The summed E-state index contributed by atoms with van der Waals surface area (Å²) in [4.78, 5) is 3.80. The third-order valence-corrected chi connectivity index (χ3v) is 0.859. The molecule has 0 saturated heterocycles. The first-order valence-corrected chi connectivity index (χ1v) is 4.37. The molecule has 0 amide bonds. The second-order valence-electron chi connectivity index (χ2n) is 1.62. The van der Waals surface area contributed by atoms with Crippen molar-refractivity contribution in [3.05, 3.63) is 29.8 Å². The predicted octanol–water partition coefficient (Wildman–Crippen LogP) is 3.58. The Morgan fingerprint density at radius 2 is 1.67 bits per heavy atom. The summed E-state index contributed by atoms with van der Waals surface area (Å²) in [6.45, 7) is 9.75. The lowest BCUT2D eigenvalue weighted by atomic mass is 10.4. The van der Waals surface area contributed by atoms with Crippen LogP contribution in [0.5, 0.6) is 0 Å². The Morgan fingerprint density at radius 1 is 1.17 bits per heavy atom. The Hall–Kier alpha value is -0.920. The SMILES string of the molecule is CC.CC.Cc1cc(F)ccn1. The monoisotopic (exact) mass is 171 g/mol. The molecule has 0 radical (unpaired) electrons. The van der Waals surface area contributed by atoms with E-state index >= 15 is 0 Å². The van der Waals surface area contributed by atoms with E-state index in [-0.39, 0.29) is 5.82 Å². The normalized spacial score (nSPS) is 7.17. The quantitative estimate of drug-likeness (QED) is 0.581. The van der Waals surface area contributed by atoms with Crippen molar-refractivity contribution in [3.8, 4) is 0 Å². The Morgan fingerprint density at radius 3 is 1.92 bits per heavy atom. The molecule has 0 unspecified atom stereocenters. The van der Waals surface area contributed by atoms with Crippen LogP contribution in [0, 0.1) is 12.7 Å². The molecule has 1 aromatic rings. The van der Waals surface area contributed by atoms with E-state index in [2.05, 4.69) is 4.98 Å². The van der Waals surface area contributed by atoms with Crippen molar-refractivity contribution in [1.82, 2.24) is 4.98 Å². The second kappa shape index (κ2) is 10.1. The highest BCUT2D eigenvalue weighted by Gasteiger charge is 1.85. The number of hydrogen-bond acceptors (Lipinski definition) is 1. The Balaban J connectivity index is 0. The summed E-state index contributed by atoms with van der Waals surface area (Å²) in [6, 6.07) is 2.72. The first-order chi connectivity index (χ1) is 5.79. The van der Waals surface area contributed by atoms with Gasteiger partial charge in [-0.15, -0.1) is 0 Å². The van der Waals surface area contributed by atoms with Gasteiger partial charge in [0.2, 0.25) is 0 Å². The van der Waals surface area contributed by atoms with Crippen molar-refractivity contribution < 1.29 is 4.39 Å². The van der Waals surface area contributed by atoms with E-state index < -0.39 is 0 Å². The lowest BCUT2D eigenvalue weighted by Gasteiger charge is -1.86. The fourth-order valence-corrected chi connectivity index (χ4v) is 0.511. The minimum absolute atomic E-state index is 0.225. The molecular formula is C10H18FN. The molecule has 1 aromatic heterocycles. The highest BCUT2D eigenvalue weighted by molar-refractivity contribution is 5.02. The highest BCUT2D eigenvalue weighted by Crippen LogP contribution is 1.95. The molecule has 0 aliphatic carbocycles. The third-order valence-electron chi connectivity index (χ3n) is 0.859. The molecule has 0 N–H and O–H groups in total. The summed E-state index contributed by atoms with van der Waals surface area (Å²) in [5, 5.41) is 0. The number of hydrogen-bond donors (Lipinski definition) is 0. The molecule has 0 spiro atoms. The number of nitrogens with zero attached hydrogens (tertiary/aromatic N) is 1. The van der Waals surface area contributed by atoms with E-state index in [0.717, 1.165) is 0 Å². The fourth-order valence-electron chi connectivity index (χ4n) is 0.511. The Labute approximate surface area is 74.7 Å². The first-order valence-electron chi connectivity index (χ1n) is 4.37. The summed E-state index contributed by atoms with van der Waals surface area (Å²) in [5.41, 5.74) is 0.713. The van der Waals surface area contributed by atoms with E-state index in [1.54, 1.807) is 6.92 Å². The maximum Gasteiger partial charge on any atom is 0.126 e. The van der Waals surface area contributed by atoms with E-state index in [4.69, 9.17) is 0 Å². The van der Waals surface area contributed by atoms with Gasteiger partial charge in [-0.1, -0.05) is 27.7 Å². The van der Waals surface area contributed by atoms with E-state index in [0.29, 0.717) is 5.69 Å². The molecule has 1 heterocycles. The summed E-state index contributed by atoms with van der Waals surface area (Å²) in [7, 11) is 0. The lowest BCUT2D eigenvalue weighted by Crippen LogP contribution is -1.79. The van der Waals surface area contributed by atoms with Gasteiger partial charge in [0, 0.05) is 11.9 Å². The van der Waals surface area contributed by atoms with Crippen molar-refractivity contribution in [2.24, 2.45) is 0 Å². The van der Waals surface area contributed by atoms with Crippen LogP contribution in [0.4, 0.5) is 4.39 Å². The molecule has 70 valence electrons. The fraction of sp³-hybridized carbons (Fsp3) is 0.500. The summed E-state index contributed by atoms with van der Waals surface area (Å²) < 4.78 is 12.1. The third kappa shape index (κ3) is 7.19. The van der Waals surface area contributed by atoms with Gasteiger partial charge in [0.25, 0.3) is 0 Å². The number of aromatic nitrogens is 1. The van der Waals surface area contributed by atoms with Crippen molar-refractivity contribution >= 4 is 0 Å². The van der Waals surface area contributed by atoms with Gasteiger partial charge in [0.15, 0.2) is 0 Å². The van der Waals surface area contributed by atoms with Crippen LogP contribution >= 0.6 is 0 Å². The maximum atomic E-state index is 12.1. The molecule has 0 saturated carbocycles. The first kappa shape index (κ1) is 13.7. The largest absolute Gasteiger partial charge is 0.261 e. The zero-order valence-corrected chi connectivity index (χ0v) is 8.56. The topological polar surface area (TPSA) is 12.9 Å². The molecule has 12 heavy (non-hydrogen) atoms. The van der Waals surface area contributed by atoms with Gasteiger partial charge in [-0.2, -0.15) is 0 Å². The second-order valence-corrected chi connectivity index (χ2v) is 1.62. The van der Waals surface area contributed by atoms with Crippen LogP contribution < -0.4 is 0 Å².